The molecule has 1 aromatic heterocycles. The zero-order valence-electron chi connectivity index (χ0n) is 10.5. The Balaban J connectivity index is 1.67. The highest BCUT2D eigenvalue weighted by Gasteiger charge is 2.13. The van der Waals surface area contributed by atoms with Crippen LogP contribution in [0.25, 0.3) is 0 Å². The van der Waals surface area contributed by atoms with Crippen LogP contribution in [-0.4, -0.2) is 35.6 Å². The average Bonchev–Trinajstić information content (AvgIpc) is 2.77. The van der Waals surface area contributed by atoms with Crippen LogP contribution in [0.4, 0.5) is 0 Å². The molecule has 96 valence electrons. The molecule has 2 heterocycles. The van der Waals surface area contributed by atoms with Crippen LogP contribution in [0.2, 0.25) is 0 Å². The molecule has 2 atom stereocenters. The molecule has 1 fully saturated rings. The fourth-order valence-corrected chi connectivity index (χ4v) is 3.74. The topological polar surface area (TPSA) is 37.0 Å². The Morgan fingerprint density at radius 2 is 2.53 bits per heavy atom. The molecule has 0 radical (unpaired) electrons. The Bertz CT molecular complexity index is 334. The first-order valence-electron chi connectivity index (χ1n) is 6.22. The van der Waals surface area contributed by atoms with Crippen molar-refractivity contribution in [1.29, 1.82) is 0 Å². The number of nitrogens with one attached hydrogen (secondary N) is 2. The minimum atomic E-state index is 0.380. The summed E-state index contributed by atoms with van der Waals surface area (Å²) in [6.07, 6.45) is 3.17. The number of hydrogen-bond donors (Lipinski definition) is 2. The number of rotatable bonds is 5. The number of thioether (sulfide) groups is 1. The van der Waals surface area contributed by atoms with E-state index in [2.05, 4.69) is 41.2 Å². The van der Waals surface area contributed by atoms with Crippen molar-refractivity contribution in [2.45, 2.75) is 32.4 Å². The molecule has 1 aliphatic rings. The van der Waals surface area contributed by atoms with Crippen molar-refractivity contribution in [3.05, 3.63) is 16.1 Å². The fourth-order valence-electron chi connectivity index (χ4n) is 1.94. The lowest BCUT2D eigenvalue weighted by Gasteiger charge is -2.23. The third-order valence-corrected chi connectivity index (χ3v) is 5.18. The second-order valence-electron chi connectivity index (χ2n) is 4.50. The summed E-state index contributed by atoms with van der Waals surface area (Å²) in [5, 5.41) is 8.32. The zero-order valence-corrected chi connectivity index (χ0v) is 12.2. The SMILES string of the molecule is Cc1cnc(C(C)NCCC2CSCCN2)s1. The van der Waals surface area contributed by atoms with Gasteiger partial charge >= 0.3 is 0 Å². The van der Waals surface area contributed by atoms with Crippen LogP contribution < -0.4 is 10.6 Å². The van der Waals surface area contributed by atoms with Crippen molar-refractivity contribution in [2.24, 2.45) is 0 Å². The summed E-state index contributed by atoms with van der Waals surface area (Å²) in [6.45, 7) is 6.53. The molecule has 0 aromatic carbocycles. The van der Waals surface area contributed by atoms with Crippen LogP contribution in [0, 0.1) is 6.92 Å². The lowest BCUT2D eigenvalue weighted by Crippen LogP contribution is -2.39. The maximum absolute atomic E-state index is 4.42. The predicted molar refractivity (Wildman–Crippen MR) is 77.0 cm³/mol. The van der Waals surface area contributed by atoms with Crippen molar-refractivity contribution in [3.63, 3.8) is 0 Å². The largest absolute Gasteiger partial charge is 0.312 e. The van der Waals surface area contributed by atoms with Crippen molar-refractivity contribution < 1.29 is 0 Å². The Morgan fingerprint density at radius 3 is 3.18 bits per heavy atom. The molecule has 0 aliphatic carbocycles. The first-order chi connectivity index (χ1) is 8.25. The van der Waals surface area contributed by atoms with Gasteiger partial charge in [-0.15, -0.1) is 11.3 Å². The molecule has 0 saturated carbocycles. The molecule has 2 N–H and O–H groups in total. The first kappa shape index (κ1) is 13.3. The van der Waals surface area contributed by atoms with Crippen molar-refractivity contribution in [3.8, 4) is 0 Å². The summed E-state index contributed by atoms with van der Waals surface area (Å²) in [5.41, 5.74) is 0. The van der Waals surface area contributed by atoms with Gasteiger partial charge in [0.25, 0.3) is 0 Å². The summed E-state index contributed by atoms with van der Waals surface area (Å²) in [7, 11) is 0. The van der Waals surface area contributed by atoms with Gasteiger partial charge in [-0.25, -0.2) is 4.98 Å². The van der Waals surface area contributed by atoms with Crippen LogP contribution in [-0.2, 0) is 0 Å². The Hall–Kier alpha value is -0.100. The van der Waals surface area contributed by atoms with E-state index in [0.717, 1.165) is 13.1 Å². The summed E-state index contributed by atoms with van der Waals surface area (Å²) < 4.78 is 0. The molecular weight excluding hydrogens is 250 g/mol. The van der Waals surface area contributed by atoms with Crippen LogP contribution >= 0.6 is 23.1 Å². The first-order valence-corrected chi connectivity index (χ1v) is 8.19. The second-order valence-corrected chi connectivity index (χ2v) is 6.92. The molecular formula is C12H21N3S2. The normalized spacial score (nSPS) is 22.6. The molecule has 17 heavy (non-hydrogen) atoms. The molecule has 0 spiro atoms. The highest BCUT2D eigenvalue weighted by Crippen LogP contribution is 2.19. The monoisotopic (exact) mass is 271 g/mol. The van der Waals surface area contributed by atoms with E-state index in [9.17, 15) is 0 Å². The van der Waals surface area contributed by atoms with Gasteiger partial charge < -0.3 is 10.6 Å². The molecule has 5 heteroatoms. The maximum Gasteiger partial charge on any atom is 0.109 e. The van der Waals surface area contributed by atoms with Gasteiger partial charge in [0.05, 0.1) is 6.04 Å². The van der Waals surface area contributed by atoms with E-state index in [1.807, 2.05) is 6.20 Å². The van der Waals surface area contributed by atoms with E-state index in [4.69, 9.17) is 0 Å². The lowest BCUT2D eigenvalue weighted by molar-refractivity contribution is 0.478. The van der Waals surface area contributed by atoms with Gasteiger partial charge in [0.1, 0.15) is 5.01 Å². The summed E-state index contributed by atoms with van der Waals surface area (Å²) >= 11 is 3.85. The number of nitrogens with zero attached hydrogens (tertiary/aromatic N) is 1. The van der Waals surface area contributed by atoms with Gasteiger partial charge in [0, 0.05) is 35.2 Å². The van der Waals surface area contributed by atoms with Gasteiger partial charge in [-0.2, -0.15) is 11.8 Å². The standard InChI is InChI=1S/C12H21N3S2/c1-9-7-15-12(17-9)10(2)13-4-3-11-8-16-6-5-14-11/h7,10-11,13-14H,3-6,8H2,1-2H3. The van der Waals surface area contributed by atoms with Gasteiger partial charge in [0.15, 0.2) is 0 Å². The van der Waals surface area contributed by atoms with E-state index in [1.54, 1.807) is 11.3 Å². The van der Waals surface area contributed by atoms with E-state index < -0.39 is 0 Å². The summed E-state index contributed by atoms with van der Waals surface area (Å²) in [4.78, 5) is 5.71. The maximum atomic E-state index is 4.42. The molecule has 0 bridgehead atoms. The smallest absolute Gasteiger partial charge is 0.109 e. The Morgan fingerprint density at radius 1 is 1.65 bits per heavy atom. The molecule has 0 amide bonds. The van der Waals surface area contributed by atoms with Crippen LogP contribution in [0.5, 0.6) is 0 Å². The fraction of sp³-hybridized carbons (Fsp3) is 0.750. The van der Waals surface area contributed by atoms with Crippen LogP contribution in [0.1, 0.15) is 29.3 Å². The predicted octanol–water partition coefficient (Wildman–Crippen LogP) is 2.20. The van der Waals surface area contributed by atoms with Crippen molar-refractivity contribution in [2.75, 3.05) is 24.6 Å². The van der Waals surface area contributed by atoms with Gasteiger partial charge in [-0.3, -0.25) is 0 Å². The average molecular weight is 271 g/mol. The second kappa shape index (κ2) is 6.73. The molecule has 1 aliphatic heterocycles. The molecule has 2 rings (SSSR count). The van der Waals surface area contributed by atoms with E-state index in [-0.39, 0.29) is 0 Å². The van der Waals surface area contributed by atoms with Gasteiger partial charge in [0.2, 0.25) is 0 Å². The number of aromatic nitrogens is 1. The number of hydrogen-bond acceptors (Lipinski definition) is 5. The molecule has 3 nitrogen and oxygen atoms in total. The van der Waals surface area contributed by atoms with Gasteiger partial charge in [-0.05, 0) is 26.8 Å². The van der Waals surface area contributed by atoms with E-state index in [1.165, 1.54) is 27.8 Å². The third-order valence-electron chi connectivity index (χ3n) is 2.95. The summed E-state index contributed by atoms with van der Waals surface area (Å²) in [5.74, 6) is 2.52. The minimum Gasteiger partial charge on any atom is -0.312 e. The lowest BCUT2D eigenvalue weighted by atomic mass is 10.2. The third kappa shape index (κ3) is 4.25. The van der Waals surface area contributed by atoms with E-state index in [0.29, 0.717) is 12.1 Å². The number of thiazole rings is 1. The van der Waals surface area contributed by atoms with E-state index >= 15 is 0 Å². The highest BCUT2D eigenvalue weighted by atomic mass is 32.2. The highest BCUT2D eigenvalue weighted by molar-refractivity contribution is 7.99. The Labute approximate surface area is 112 Å². The number of aryl methyl sites for hydroxylation is 1. The van der Waals surface area contributed by atoms with Crippen LogP contribution in [0.15, 0.2) is 6.20 Å². The molecule has 2 unspecified atom stereocenters. The van der Waals surface area contributed by atoms with Crippen molar-refractivity contribution in [1.82, 2.24) is 15.6 Å². The summed E-state index contributed by atoms with van der Waals surface area (Å²) in [6, 6.07) is 1.07. The molecule has 1 aromatic rings. The quantitative estimate of drug-likeness (QED) is 0.861. The zero-order chi connectivity index (χ0) is 12.1. The van der Waals surface area contributed by atoms with Crippen molar-refractivity contribution >= 4 is 23.1 Å². The molecule has 1 saturated heterocycles. The minimum absolute atomic E-state index is 0.380. The van der Waals surface area contributed by atoms with Crippen LogP contribution in [0.3, 0.4) is 0 Å². The Kier molecular flexibility index (Phi) is 5.28. The van der Waals surface area contributed by atoms with Gasteiger partial charge in [-0.1, -0.05) is 0 Å².